The molecule has 0 amide bonds. The van der Waals surface area contributed by atoms with E-state index < -0.39 is 0 Å². The Bertz CT molecular complexity index is 370. The van der Waals surface area contributed by atoms with Gasteiger partial charge in [-0.05, 0) is 19.3 Å². The Labute approximate surface area is 112 Å². The highest BCUT2D eigenvalue weighted by atomic mass is 16.5. The fourth-order valence-electron chi connectivity index (χ4n) is 1.86. The molecule has 1 rings (SSSR count). The molecule has 0 aromatic carbocycles. The first kappa shape index (κ1) is 15.4. The monoisotopic (exact) mass is 268 g/mol. The number of unbranched alkanes of at least 4 members (excludes halogenated alkanes) is 2. The topological polar surface area (TPSA) is 69.7 Å². The third-order valence-electron chi connectivity index (χ3n) is 2.90. The molecule has 0 saturated heterocycles. The van der Waals surface area contributed by atoms with Gasteiger partial charge in [-0.3, -0.25) is 14.4 Å². The predicted octanol–water partition coefficient (Wildman–Crippen LogP) is 2.29. The minimum atomic E-state index is -0.306. The first-order chi connectivity index (χ1) is 9.11. The second-order valence-corrected chi connectivity index (χ2v) is 4.54. The SMILES string of the molecule is COC(=O)CCCCCC(=O)OC1=CC(=O)CCC1. The first-order valence-corrected chi connectivity index (χ1v) is 6.62. The van der Waals surface area contributed by atoms with E-state index in [0.717, 1.165) is 12.8 Å². The number of esters is 2. The van der Waals surface area contributed by atoms with Gasteiger partial charge in [0.05, 0.1) is 7.11 Å². The van der Waals surface area contributed by atoms with E-state index >= 15 is 0 Å². The lowest BCUT2D eigenvalue weighted by Gasteiger charge is -2.11. The van der Waals surface area contributed by atoms with Crippen molar-refractivity contribution in [1.82, 2.24) is 0 Å². The molecule has 1 aliphatic rings. The van der Waals surface area contributed by atoms with Crippen LogP contribution in [0.25, 0.3) is 0 Å². The summed E-state index contributed by atoms with van der Waals surface area (Å²) in [5, 5.41) is 0. The predicted molar refractivity (Wildman–Crippen MR) is 68.1 cm³/mol. The van der Waals surface area contributed by atoms with Crippen LogP contribution in [0.2, 0.25) is 0 Å². The van der Waals surface area contributed by atoms with Crippen molar-refractivity contribution in [2.45, 2.75) is 51.4 Å². The number of carbonyl (C=O) groups excluding carboxylic acids is 3. The summed E-state index contributed by atoms with van der Waals surface area (Å²) in [6.07, 6.45) is 6.21. The van der Waals surface area contributed by atoms with Crippen molar-refractivity contribution in [1.29, 1.82) is 0 Å². The number of carbonyl (C=O) groups is 3. The summed E-state index contributed by atoms with van der Waals surface area (Å²) >= 11 is 0. The minimum absolute atomic E-state index is 0.0205. The highest BCUT2D eigenvalue weighted by Gasteiger charge is 2.14. The Hall–Kier alpha value is -1.65. The summed E-state index contributed by atoms with van der Waals surface area (Å²) in [7, 11) is 1.36. The van der Waals surface area contributed by atoms with E-state index in [-0.39, 0.29) is 17.7 Å². The Kier molecular flexibility index (Phi) is 6.85. The Morgan fingerprint density at radius 2 is 1.79 bits per heavy atom. The maximum absolute atomic E-state index is 11.5. The quantitative estimate of drug-likeness (QED) is 0.523. The zero-order valence-corrected chi connectivity index (χ0v) is 11.3. The van der Waals surface area contributed by atoms with Gasteiger partial charge in [0.1, 0.15) is 5.76 Å². The standard InChI is InChI=1S/C14H20O5/c1-18-13(16)8-3-2-4-9-14(17)19-12-7-5-6-11(15)10-12/h10H,2-9H2,1H3. The summed E-state index contributed by atoms with van der Waals surface area (Å²) in [5.41, 5.74) is 0. The number of methoxy groups -OCH3 is 1. The summed E-state index contributed by atoms with van der Waals surface area (Å²) in [4.78, 5) is 33.5. The average Bonchev–Trinajstić information content (AvgIpc) is 2.38. The van der Waals surface area contributed by atoms with Crippen LogP contribution in [0.5, 0.6) is 0 Å². The van der Waals surface area contributed by atoms with Crippen LogP contribution >= 0.6 is 0 Å². The lowest BCUT2D eigenvalue weighted by molar-refractivity contribution is -0.141. The van der Waals surface area contributed by atoms with E-state index in [1.807, 2.05) is 0 Å². The van der Waals surface area contributed by atoms with E-state index in [0.29, 0.717) is 44.3 Å². The fraction of sp³-hybridized carbons (Fsp3) is 0.643. The van der Waals surface area contributed by atoms with Gasteiger partial charge in [0.15, 0.2) is 5.78 Å². The molecule has 0 unspecified atom stereocenters. The lowest BCUT2D eigenvalue weighted by Crippen LogP contribution is -2.10. The zero-order chi connectivity index (χ0) is 14.1. The largest absolute Gasteiger partial charge is 0.469 e. The summed E-state index contributed by atoms with van der Waals surface area (Å²) < 4.78 is 9.64. The third kappa shape index (κ3) is 6.74. The van der Waals surface area contributed by atoms with Gasteiger partial charge in [0, 0.05) is 31.8 Å². The zero-order valence-electron chi connectivity index (χ0n) is 11.3. The summed E-state index contributed by atoms with van der Waals surface area (Å²) in [6, 6.07) is 0. The minimum Gasteiger partial charge on any atom is -0.469 e. The van der Waals surface area contributed by atoms with Gasteiger partial charge in [-0.2, -0.15) is 0 Å². The van der Waals surface area contributed by atoms with Gasteiger partial charge in [0.25, 0.3) is 0 Å². The van der Waals surface area contributed by atoms with Crippen LogP contribution in [0.1, 0.15) is 51.4 Å². The molecule has 0 spiro atoms. The van der Waals surface area contributed by atoms with E-state index in [1.54, 1.807) is 0 Å². The average molecular weight is 268 g/mol. The Balaban J connectivity index is 2.11. The summed E-state index contributed by atoms with van der Waals surface area (Å²) in [5.74, 6) is -0.0320. The van der Waals surface area contributed by atoms with E-state index in [4.69, 9.17) is 4.74 Å². The number of allylic oxidation sites excluding steroid dienone is 2. The van der Waals surface area contributed by atoms with Crippen LogP contribution in [0.4, 0.5) is 0 Å². The van der Waals surface area contributed by atoms with Crippen LogP contribution in [-0.4, -0.2) is 24.8 Å². The van der Waals surface area contributed by atoms with Crippen LogP contribution < -0.4 is 0 Å². The number of hydrogen-bond acceptors (Lipinski definition) is 5. The van der Waals surface area contributed by atoms with Crippen LogP contribution in [-0.2, 0) is 23.9 Å². The molecule has 106 valence electrons. The van der Waals surface area contributed by atoms with Crippen LogP contribution in [0.15, 0.2) is 11.8 Å². The van der Waals surface area contributed by atoms with Gasteiger partial charge in [-0.25, -0.2) is 0 Å². The van der Waals surface area contributed by atoms with Crippen LogP contribution in [0.3, 0.4) is 0 Å². The normalized spacial score (nSPS) is 14.8. The van der Waals surface area contributed by atoms with E-state index in [1.165, 1.54) is 13.2 Å². The molecule has 0 N–H and O–H groups in total. The van der Waals surface area contributed by atoms with Crippen molar-refractivity contribution in [3.05, 3.63) is 11.8 Å². The highest BCUT2D eigenvalue weighted by molar-refractivity contribution is 5.91. The van der Waals surface area contributed by atoms with Crippen molar-refractivity contribution in [3.63, 3.8) is 0 Å². The molecular weight excluding hydrogens is 248 g/mol. The Morgan fingerprint density at radius 1 is 1.11 bits per heavy atom. The molecule has 19 heavy (non-hydrogen) atoms. The number of ether oxygens (including phenoxy) is 2. The van der Waals surface area contributed by atoms with Crippen molar-refractivity contribution >= 4 is 17.7 Å². The molecule has 0 aliphatic heterocycles. The molecule has 1 aliphatic carbocycles. The molecule has 0 fully saturated rings. The maximum atomic E-state index is 11.5. The Morgan fingerprint density at radius 3 is 2.42 bits per heavy atom. The second kappa shape index (κ2) is 8.45. The number of rotatable bonds is 7. The molecule has 0 heterocycles. The van der Waals surface area contributed by atoms with Gasteiger partial charge >= 0.3 is 11.9 Å². The molecule has 0 aromatic rings. The number of ketones is 1. The molecule has 5 nitrogen and oxygen atoms in total. The summed E-state index contributed by atoms with van der Waals surface area (Å²) in [6.45, 7) is 0. The van der Waals surface area contributed by atoms with Crippen molar-refractivity contribution in [2.24, 2.45) is 0 Å². The highest BCUT2D eigenvalue weighted by Crippen LogP contribution is 2.17. The second-order valence-electron chi connectivity index (χ2n) is 4.54. The molecule has 0 saturated carbocycles. The molecule has 0 aromatic heterocycles. The van der Waals surface area contributed by atoms with E-state index in [2.05, 4.69) is 4.74 Å². The molecule has 0 bridgehead atoms. The number of hydrogen-bond donors (Lipinski definition) is 0. The van der Waals surface area contributed by atoms with Crippen molar-refractivity contribution < 1.29 is 23.9 Å². The molecule has 5 heteroatoms. The van der Waals surface area contributed by atoms with Gasteiger partial charge in [0.2, 0.25) is 0 Å². The van der Waals surface area contributed by atoms with Gasteiger partial charge in [-0.1, -0.05) is 6.42 Å². The van der Waals surface area contributed by atoms with Crippen LogP contribution in [0, 0.1) is 0 Å². The van der Waals surface area contributed by atoms with Crippen molar-refractivity contribution in [2.75, 3.05) is 7.11 Å². The van der Waals surface area contributed by atoms with Gasteiger partial charge in [-0.15, -0.1) is 0 Å². The lowest BCUT2D eigenvalue weighted by atomic mass is 10.1. The first-order valence-electron chi connectivity index (χ1n) is 6.62. The van der Waals surface area contributed by atoms with E-state index in [9.17, 15) is 14.4 Å². The van der Waals surface area contributed by atoms with Gasteiger partial charge < -0.3 is 9.47 Å². The smallest absolute Gasteiger partial charge is 0.310 e. The molecular formula is C14H20O5. The third-order valence-corrected chi connectivity index (χ3v) is 2.90. The van der Waals surface area contributed by atoms with Crippen molar-refractivity contribution in [3.8, 4) is 0 Å². The maximum Gasteiger partial charge on any atom is 0.310 e. The molecule has 0 radical (unpaired) electrons. The fourth-order valence-corrected chi connectivity index (χ4v) is 1.86. The molecule has 0 atom stereocenters.